The zero-order chi connectivity index (χ0) is 20.3. The number of benzene rings is 2. The molecule has 0 unspecified atom stereocenters. The number of nitrogens with one attached hydrogen (secondary N) is 2. The molecule has 1 aromatic heterocycles. The van der Waals surface area contributed by atoms with E-state index >= 15 is 0 Å². The maximum atomic E-state index is 12.7. The first-order valence-electron chi connectivity index (χ1n) is 8.38. The molecule has 3 aromatic rings. The average molecular weight is 404 g/mol. The number of carboxylic acid groups (broad SMARTS) is 1. The van der Waals surface area contributed by atoms with Crippen molar-refractivity contribution in [2.24, 2.45) is 0 Å². The third-order valence-electron chi connectivity index (χ3n) is 4.36. The molecule has 0 fully saturated rings. The van der Waals surface area contributed by atoms with Crippen molar-refractivity contribution in [3.8, 4) is 11.5 Å². The van der Waals surface area contributed by atoms with Crippen molar-refractivity contribution >= 4 is 26.9 Å². The molecule has 0 aliphatic rings. The van der Waals surface area contributed by atoms with Crippen molar-refractivity contribution in [3.63, 3.8) is 0 Å². The highest BCUT2D eigenvalue weighted by atomic mass is 32.2. The summed E-state index contributed by atoms with van der Waals surface area (Å²) in [5.74, 6) is -0.668. The summed E-state index contributed by atoms with van der Waals surface area (Å²) in [6.07, 6.45) is 1.68. The SMILES string of the molecule is COc1ccc(S(=O)(=O)N[C@H](Cc2c[nH]c3ccccc23)C(=O)O)cc1OC. The van der Waals surface area contributed by atoms with Gasteiger partial charge >= 0.3 is 5.97 Å². The van der Waals surface area contributed by atoms with Crippen LogP contribution in [0.5, 0.6) is 11.5 Å². The Morgan fingerprint density at radius 3 is 2.54 bits per heavy atom. The number of para-hydroxylation sites is 1. The van der Waals surface area contributed by atoms with Gasteiger partial charge in [0.15, 0.2) is 11.5 Å². The number of sulfonamides is 1. The van der Waals surface area contributed by atoms with E-state index in [1.807, 2.05) is 24.3 Å². The largest absolute Gasteiger partial charge is 0.493 e. The number of hydrogen-bond acceptors (Lipinski definition) is 5. The van der Waals surface area contributed by atoms with Crippen LogP contribution in [0.1, 0.15) is 5.56 Å². The first-order chi connectivity index (χ1) is 13.4. The fraction of sp³-hybridized carbons (Fsp3) is 0.211. The van der Waals surface area contributed by atoms with Crippen molar-refractivity contribution < 1.29 is 27.8 Å². The van der Waals surface area contributed by atoms with Crippen LogP contribution in [0.15, 0.2) is 53.6 Å². The van der Waals surface area contributed by atoms with E-state index in [0.717, 1.165) is 10.9 Å². The molecule has 0 amide bonds. The number of hydrogen-bond donors (Lipinski definition) is 3. The molecule has 0 saturated carbocycles. The van der Waals surface area contributed by atoms with Gasteiger partial charge in [-0.3, -0.25) is 4.79 Å². The molecule has 9 heteroatoms. The second kappa shape index (κ2) is 7.91. The normalized spacial score (nSPS) is 12.6. The van der Waals surface area contributed by atoms with Gasteiger partial charge in [0.05, 0.1) is 19.1 Å². The number of ether oxygens (including phenoxy) is 2. The molecule has 0 aliphatic heterocycles. The molecular weight excluding hydrogens is 384 g/mol. The summed E-state index contributed by atoms with van der Waals surface area (Å²) in [4.78, 5) is 14.7. The van der Waals surface area contributed by atoms with Crippen molar-refractivity contribution in [3.05, 3.63) is 54.2 Å². The molecule has 8 nitrogen and oxygen atoms in total. The molecule has 28 heavy (non-hydrogen) atoms. The van der Waals surface area contributed by atoms with Gasteiger partial charge in [0.1, 0.15) is 6.04 Å². The van der Waals surface area contributed by atoms with Crippen LogP contribution in [-0.4, -0.2) is 44.7 Å². The quantitative estimate of drug-likeness (QED) is 0.530. The highest BCUT2D eigenvalue weighted by Crippen LogP contribution is 2.29. The number of aromatic amines is 1. The third kappa shape index (κ3) is 3.95. The molecule has 3 rings (SSSR count). The minimum atomic E-state index is -4.10. The molecular formula is C19H20N2O6S. The minimum absolute atomic E-state index is 0.00807. The molecule has 1 heterocycles. The van der Waals surface area contributed by atoms with Crippen LogP contribution in [0.4, 0.5) is 0 Å². The number of H-pyrrole nitrogens is 1. The maximum Gasteiger partial charge on any atom is 0.322 e. The Kier molecular flexibility index (Phi) is 5.57. The van der Waals surface area contributed by atoms with Gasteiger partial charge in [0.2, 0.25) is 10.0 Å². The van der Waals surface area contributed by atoms with E-state index in [9.17, 15) is 18.3 Å². The smallest absolute Gasteiger partial charge is 0.322 e. The fourth-order valence-corrected chi connectivity index (χ4v) is 4.14. The van der Waals surface area contributed by atoms with Crippen LogP contribution >= 0.6 is 0 Å². The van der Waals surface area contributed by atoms with E-state index in [-0.39, 0.29) is 17.1 Å². The lowest BCUT2D eigenvalue weighted by molar-refractivity contribution is -0.138. The standard InChI is InChI=1S/C19H20N2O6S/c1-26-17-8-7-13(10-18(17)27-2)28(24,25)21-16(19(22)23)9-12-11-20-15-6-4-3-5-14(12)15/h3-8,10-11,16,20-21H,9H2,1-2H3,(H,22,23)/t16-/m1/s1. The zero-order valence-corrected chi connectivity index (χ0v) is 16.1. The molecule has 0 bridgehead atoms. The molecule has 0 spiro atoms. The first kappa shape index (κ1) is 19.7. The Labute approximate surface area is 162 Å². The summed E-state index contributed by atoms with van der Waals surface area (Å²) in [5.41, 5.74) is 1.56. The third-order valence-corrected chi connectivity index (χ3v) is 5.83. The summed E-state index contributed by atoms with van der Waals surface area (Å²) in [5, 5.41) is 10.4. The predicted octanol–water partition coefficient (Wildman–Crippen LogP) is 2.16. The number of fused-ring (bicyclic) bond motifs is 1. The van der Waals surface area contributed by atoms with Crippen molar-refractivity contribution in [2.75, 3.05) is 14.2 Å². The van der Waals surface area contributed by atoms with E-state index in [1.165, 1.54) is 32.4 Å². The topological polar surface area (TPSA) is 118 Å². The summed E-state index contributed by atoms with van der Waals surface area (Å²) >= 11 is 0. The van der Waals surface area contributed by atoms with E-state index < -0.39 is 22.0 Å². The van der Waals surface area contributed by atoms with Crippen LogP contribution in [-0.2, 0) is 21.2 Å². The Hall–Kier alpha value is -3.04. The van der Waals surface area contributed by atoms with E-state index in [2.05, 4.69) is 9.71 Å². The number of aromatic nitrogens is 1. The summed E-state index contributed by atoms with van der Waals surface area (Å²) in [6.45, 7) is 0. The Morgan fingerprint density at radius 1 is 1.14 bits per heavy atom. The zero-order valence-electron chi connectivity index (χ0n) is 15.3. The lowest BCUT2D eigenvalue weighted by atomic mass is 10.1. The molecule has 0 radical (unpaired) electrons. The van der Waals surface area contributed by atoms with Gasteiger partial charge in [0, 0.05) is 29.6 Å². The first-order valence-corrected chi connectivity index (χ1v) is 9.86. The molecule has 0 saturated heterocycles. The number of methoxy groups -OCH3 is 2. The summed E-state index contributed by atoms with van der Waals surface area (Å²) in [6, 6.07) is 10.1. The number of aliphatic carboxylic acids is 1. The molecule has 148 valence electrons. The van der Waals surface area contributed by atoms with Gasteiger partial charge in [-0.25, -0.2) is 8.42 Å². The van der Waals surface area contributed by atoms with Gasteiger partial charge in [-0.1, -0.05) is 18.2 Å². The van der Waals surface area contributed by atoms with E-state index in [0.29, 0.717) is 11.3 Å². The van der Waals surface area contributed by atoms with Crippen LogP contribution in [0.2, 0.25) is 0 Å². The molecule has 3 N–H and O–H groups in total. The van der Waals surface area contributed by atoms with E-state index in [4.69, 9.17) is 9.47 Å². The minimum Gasteiger partial charge on any atom is -0.493 e. The van der Waals surface area contributed by atoms with Gasteiger partial charge in [0.25, 0.3) is 0 Å². The second-order valence-corrected chi connectivity index (χ2v) is 7.81. The number of carboxylic acids is 1. The van der Waals surface area contributed by atoms with E-state index in [1.54, 1.807) is 6.20 Å². The van der Waals surface area contributed by atoms with Crippen LogP contribution < -0.4 is 14.2 Å². The summed E-state index contributed by atoms with van der Waals surface area (Å²) < 4.78 is 37.9. The fourth-order valence-electron chi connectivity index (χ4n) is 2.94. The molecule has 0 aliphatic carbocycles. The lowest BCUT2D eigenvalue weighted by Gasteiger charge is -2.16. The summed E-state index contributed by atoms with van der Waals surface area (Å²) in [7, 11) is -1.27. The van der Waals surface area contributed by atoms with Gasteiger partial charge in [-0.2, -0.15) is 4.72 Å². The van der Waals surface area contributed by atoms with Gasteiger partial charge < -0.3 is 19.6 Å². The highest BCUT2D eigenvalue weighted by Gasteiger charge is 2.27. The van der Waals surface area contributed by atoms with Crippen molar-refractivity contribution in [1.29, 1.82) is 0 Å². The maximum absolute atomic E-state index is 12.7. The van der Waals surface area contributed by atoms with Crippen LogP contribution in [0, 0.1) is 0 Å². The average Bonchev–Trinajstić information content (AvgIpc) is 3.09. The monoisotopic (exact) mass is 404 g/mol. The number of carbonyl (C=O) groups is 1. The van der Waals surface area contributed by atoms with Gasteiger partial charge in [-0.15, -0.1) is 0 Å². The number of rotatable bonds is 8. The van der Waals surface area contributed by atoms with Crippen molar-refractivity contribution in [2.45, 2.75) is 17.4 Å². The highest BCUT2D eigenvalue weighted by molar-refractivity contribution is 7.89. The van der Waals surface area contributed by atoms with Crippen LogP contribution in [0.3, 0.4) is 0 Å². The second-order valence-electron chi connectivity index (χ2n) is 6.09. The Balaban J connectivity index is 1.88. The van der Waals surface area contributed by atoms with Crippen LogP contribution in [0.25, 0.3) is 10.9 Å². The lowest BCUT2D eigenvalue weighted by Crippen LogP contribution is -2.42. The Bertz CT molecular complexity index is 1110. The predicted molar refractivity (Wildman–Crippen MR) is 103 cm³/mol. The molecule has 1 atom stereocenters. The Morgan fingerprint density at radius 2 is 1.86 bits per heavy atom. The molecule has 2 aromatic carbocycles. The van der Waals surface area contributed by atoms with Gasteiger partial charge in [-0.05, 0) is 23.8 Å². The van der Waals surface area contributed by atoms with Crippen molar-refractivity contribution in [1.82, 2.24) is 9.71 Å².